The van der Waals surface area contributed by atoms with E-state index >= 15 is 0 Å². The van der Waals surface area contributed by atoms with E-state index in [1.54, 1.807) is 0 Å². The topological polar surface area (TPSA) is 113 Å². The van der Waals surface area contributed by atoms with Gasteiger partial charge < -0.3 is 10.1 Å². The van der Waals surface area contributed by atoms with E-state index in [0.29, 0.717) is 0 Å². The lowest BCUT2D eigenvalue weighted by atomic mass is 10.3. The van der Waals surface area contributed by atoms with Gasteiger partial charge in [0.15, 0.2) is 0 Å². The number of nitrogens with one attached hydrogen (secondary N) is 1. The average Bonchev–Trinajstić information content (AvgIpc) is 2.56. The SMILES string of the molecule is CN(CC(=O)Nc1ccc(F)c(S(=O)(=O)N2CCOCC2)c1)S(C)(=O)=O. The highest BCUT2D eigenvalue weighted by Crippen LogP contribution is 2.23. The lowest BCUT2D eigenvalue weighted by molar-refractivity contribution is -0.116. The molecule has 1 aliphatic heterocycles. The Morgan fingerprint density at radius 1 is 1.27 bits per heavy atom. The van der Waals surface area contributed by atoms with E-state index in [9.17, 15) is 26.0 Å². The average molecular weight is 409 g/mol. The molecule has 2 rings (SSSR count). The van der Waals surface area contributed by atoms with Crippen LogP contribution >= 0.6 is 0 Å². The van der Waals surface area contributed by atoms with Crippen molar-refractivity contribution in [3.63, 3.8) is 0 Å². The Labute approximate surface area is 151 Å². The summed E-state index contributed by atoms with van der Waals surface area (Å²) in [5, 5.41) is 2.37. The molecule has 1 N–H and O–H groups in total. The quantitative estimate of drug-likeness (QED) is 0.689. The predicted octanol–water partition coefficient (Wildman–Crippen LogP) is -0.323. The van der Waals surface area contributed by atoms with Crippen molar-refractivity contribution in [2.45, 2.75) is 4.90 Å². The van der Waals surface area contributed by atoms with Crippen LogP contribution < -0.4 is 5.32 Å². The molecule has 1 amide bonds. The first-order valence-electron chi connectivity index (χ1n) is 7.60. The normalized spacial score (nSPS) is 16.6. The molecule has 0 bridgehead atoms. The van der Waals surface area contributed by atoms with Crippen molar-refractivity contribution in [1.29, 1.82) is 0 Å². The fraction of sp³-hybridized carbons (Fsp3) is 0.500. The van der Waals surface area contributed by atoms with E-state index in [-0.39, 0.29) is 32.0 Å². The molecule has 1 aromatic rings. The molecular weight excluding hydrogens is 389 g/mol. The predicted molar refractivity (Wildman–Crippen MR) is 92.1 cm³/mol. The number of morpholine rings is 1. The third kappa shape index (κ3) is 4.98. The van der Waals surface area contributed by atoms with Gasteiger partial charge in [0.1, 0.15) is 10.7 Å². The maximum Gasteiger partial charge on any atom is 0.246 e. The number of amides is 1. The van der Waals surface area contributed by atoms with Crippen LogP contribution in [-0.4, -0.2) is 77.5 Å². The minimum absolute atomic E-state index is 0.0464. The summed E-state index contributed by atoms with van der Waals surface area (Å²) in [5.41, 5.74) is 0.0464. The van der Waals surface area contributed by atoms with Crippen molar-refractivity contribution in [2.75, 3.05) is 51.5 Å². The summed E-state index contributed by atoms with van der Waals surface area (Å²) in [5.74, 6) is -1.62. The Morgan fingerprint density at radius 2 is 1.88 bits per heavy atom. The fourth-order valence-electron chi connectivity index (χ4n) is 2.22. The molecule has 26 heavy (non-hydrogen) atoms. The van der Waals surface area contributed by atoms with Gasteiger partial charge in [-0.3, -0.25) is 4.79 Å². The number of benzene rings is 1. The summed E-state index contributed by atoms with van der Waals surface area (Å²) in [6.45, 7) is 0.195. The number of rotatable bonds is 6. The highest BCUT2D eigenvalue weighted by molar-refractivity contribution is 7.89. The van der Waals surface area contributed by atoms with Crippen LogP contribution in [0.2, 0.25) is 0 Å². The van der Waals surface area contributed by atoms with E-state index in [2.05, 4.69) is 5.32 Å². The number of likely N-dealkylation sites (N-methyl/N-ethyl adjacent to an activating group) is 1. The van der Waals surface area contributed by atoms with Crippen molar-refractivity contribution in [3.05, 3.63) is 24.0 Å². The molecule has 1 aliphatic rings. The van der Waals surface area contributed by atoms with Gasteiger partial charge in [0.2, 0.25) is 26.0 Å². The number of ether oxygens (including phenoxy) is 1. The minimum atomic E-state index is -4.08. The van der Waals surface area contributed by atoms with Crippen molar-refractivity contribution >= 4 is 31.6 Å². The first-order valence-corrected chi connectivity index (χ1v) is 10.9. The molecule has 0 radical (unpaired) electrons. The number of anilines is 1. The first-order chi connectivity index (χ1) is 12.0. The van der Waals surface area contributed by atoms with Crippen LogP contribution in [0.15, 0.2) is 23.1 Å². The van der Waals surface area contributed by atoms with Gasteiger partial charge in [-0.05, 0) is 18.2 Å². The molecule has 0 atom stereocenters. The summed E-state index contributed by atoms with van der Waals surface area (Å²) >= 11 is 0. The lowest BCUT2D eigenvalue weighted by Gasteiger charge is -2.26. The Bertz CT molecular complexity index is 882. The highest BCUT2D eigenvalue weighted by atomic mass is 32.2. The molecule has 0 aromatic heterocycles. The van der Waals surface area contributed by atoms with Gasteiger partial charge in [-0.25, -0.2) is 21.2 Å². The summed E-state index contributed by atoms with van der Waals surface area (Å²) < 4.78 is 68.9. The molecule has 12 heteroatoms. The first kappa shape index (κ1) is 20.7. The summed E-state index contributed by atoms with van der Waals surface area (Å²) in [7, 11) is -6.39. The summed E-state index contributed by atoms with van der Waals surface area (Å²) in [4.78, 5) is 11.4. The Hall–Kier alpha value is -1.60. The van der Waals surface area contributed by atoms with Crippen LogP contribution in [0.4, 0.5) is 10.1 Å². The third-order valence-electron chi connectivity index (χ3n) is 3.74. The van der Waals surface area contributed by atoms with Crippen LogP contribution in [0.3, 0.4) is 0 Å². The van der Waals surface area contributed by atoms with Crippen molar-refractivity contribution in [1.82, 2.24) is 8.61 Å². The molecule has 1 fully saturated rings. The number of sulfonamides is 2. The molecule has 1 saturated heterocycles. The van der Waals surface area contributed by atoms with Crippen molar-refractivity contribution in [2.24, 2.45) is 0 Å². The van der Waals surface area contributed by atoms with E-state index < -0.39 is 43.2 Å². The van der Waals surface area contributed by atoms with E-state index in [4.69, 9.17) is 4.74 Å². The van der Waals surface area contributed by atoms with Gasteiger partial charge in [0, 0.05) is 25.8 Å². The number of hydrogen-bond acceptors (Lipinski definition) is 6. The van der Waals surface area contributed by atoms with Crippen LogP contribution in [0.1, 0.15) is 0 Å². The Morgan fingerprint density at radius 3 is 2.46 bits per heavy atom. The molecule has 0 unspecified atom stereocenters. The zero-order valence-electron chi connectivity index (χ0n) is 14.3. The molecule has 0 saturated carbocycles. The largest absolute Gasteiger partial charge is 0.379 e. The molecule has 9 nitrogen and oxygen atoms in total. The van der Waals surface area contributed by atoms with Gasteiger partial charge >= 0.3 is 0 Å². The maximum absolute atomic E-state index is 14.1. The molecule has 1 aromatic carbocycles. The molecule has 0 aliphatic carbocycles. The summed E-state index contributed by atoms with van der Waals surface area (Å²) in [6.07, 6.45) is 0.950. The number of carbonyl (C=O) groups is 1. The smallest absolute Gasteiger partial charge is 0.246 e. The number of halogens is 1. The number of carbonyl (C=O) groups excluding carboxylic acids is 1. The number of nitrogens with zero attached hydrogens (tertiary/aromatic N) is 2. The lowest BCUT2D eigenvalue weighted by Crippen LogP contribution is -2.41. The van der Waals surface area contributed by atoms with Gasteiger partial charge in [0.25, 0.3) is 0 Å². The molecule has 0 spiro atoms. The van der Waals surface area contributed by atoms with Crippen molar-refractivity contribution < 1.29 is 30.8 Å². The zero-order chi connectivity index (χ0) is 19.5. The second-order valence-corrected chi connectivity index (χ2v) is 9.72. The standard InChI is InChI=1S/C14H20FN3O6S2/c1-17(25(2,20)21)10-14(19)16-11-3-4-12(15)13(9-11)26(22,23)18-5-7-24-8-6-18/h3-4,9H,5-8,10H2,1-2H3,(H,16,19). The monoisotopic (exact) mass is 409 g/mol. The zero-order valence-corrected chi connectivity index (χ0v) is 15.9. The van der Waals surface area contributed by atoms with Crippen molar-refractivity contribution in [3.8, 4) is 0 Å². The van der Waals surface area contributed by atoms with Gasteiger partial charge in [-0.15, -0.1) is 0 Å². The van der Waals surface area contributed by atoms with E-state index in [1.807, 2.05) is 0 Å². The summed E-state index contributed by atoms with van der Waals surface area (Å²) in [6, 6.07) is 3.15. The van der Waals surface area contributed by atoms with Crippen LogP contribution in [0.5, 0.6) is 0 Å². The van der Waals surface area contributed by atoms with Gasteiger partial charge in [-0.1, -0.05) is 0 Å². The van der Waals surface area contributed by atoms with Gasteiger partial charge in [-0.2, -0.15) is 8.61 Å². The van der Waals surface area contributed by atoms with Crippen LogP contribution in [0, 0.1) is 5.82 Å². The molecule has 146 valence electrons. The maximum atomic E-state index is 14.1. The second kappa shape index (κ2) is 7.96. The highest BCUT2D eigenvalue weighted by Gasteiger charge is 2.29. The van der Waals surface area contributed by atoms with Crippen LogP contribution in [0.25, 0.3) is 0 Å². The molecular formula is C14H20FN3O6S2. The van der Waals surface area contributed by atoms with Gasteiger partial charge in [0.05, 0.1) is 26.0 Å². The van der Waals surface area contributed by atoms with E-state index in [0.717, 1.165) is 27.0 Å². The van der Waals surface area contributed by atoms with E-state index in [1.165, 1.54) is 13.1 Å². The fourth-order valence-corrected chi connectivity index (χ4v) is 4.07. The second-order valence-electron chi connectivity index (χ2n) is 5.73. The number of hydrogen-bond donors (Lipinski definition) is 1. The minimum Gasteiger partial charge on any atom is -0.379 e. The Kier molecular flexibility index (Phi) is 6.34. The third-order valence-corrected chi connectivity index (χ3v) is 6.91. The Balaban J connectivity index is 2.20. The molecule has 1 heterocycles. The van der Waals surface area contributed by atoms with Crippen LogP contribution in [-0.2, 0) is 29.6 Å².